The molecule has 24 heavy (non-hydrogen) atoms. The van der Waals surface area contributed by atoms with Crippen LogP contribution in [0.5, 0.6) is 5.75 Å². The minimum atomic E-state index is -0.806. The predicted octanol–water partition coefficient (Wildman–Crippen LogP) is 2.96. The van der Waals surface area contributed by atoms with Gasteiger partial charge in [-0.25, -0.2) is 8.78 Å². The lowest BCUT2D eigenvalue weighted by molar-refractivity contribution is 0.0999. The van der Waals surface area contributed by atoms with Crippen molar-refractivity contribution in [3.63, 3.8) is 0 Å². The van der Waals surface area contributed by atoms with Crippen molar-refractivity contribution in [1.29, 1.82) is 0 Å². The van der Waals surface area contributed by atoms with E-state index in [-0.39, 0.29) is 32.8 Å². The van der Waals surface area contributed by atoms with E-state index in [1.165, 1.54) is 6.07 Å². The summed E-state index contributed by atoms with van der Waals surface area (Å²) in [5, 5.41) is 9.85. The van der Waals surface area contributed by atoms with Crippen molar-refractivity contribution in [1.82, 2.24) is 4.98 Å². The predicted molar refractivity (Wildman–Crippen MR) is 88.5 cm³/mol. The van der Waals surface area contributed by atoms with Crippen LogP contribution in [0.3, 0.4) is 0 Å². The number of carbonyl (C=O) groups is 1. The average molecular weight is 368 g/mol. The molecule has 3 rings (SSSR count). The van der Waals surface area contributed by atoms with Crippen LogP contribution >= 0.6 is 23.1 Å². The third-order valence-electron chi connectivity index (χ3n) is 3.28. The Labute approximate surface area is 142 Å². The number of aromatic hydroxyl groups is 1. The van der Waals surface area contributed by atoms with E-state index < -0.39 is 23.1 Å². The fraction of sp³-hybridized carbons (Fsp3) is 0.0667. The van der Waals surface area contributed by atoms with Crippen LogP contribution in [0.15, 0.2) is 33.3 Å². The van der Waals surface area contributed by atoms with Gasteiger partial charge in [0, 0.05) is 17.4 Å². The van der Waals surface area contributed by atoms with Gasteiger partial charge in [-0.2, -0.15) is 0 Å². The normalized spacial score (nSPS) is 11.1. The summed E-state index contributed by atoms with van der Waals surface area (Å²) in [7, 11) is 0. The number of halogens is 2. The summed E-state index contributed by atoms with van der Waals surface area (Å²) in [6, 6.07) is 4.52. The van der Waals surface area contributed by atoms with E-state index in [1.54, 1.807) is 0 Å². The molecule has 0 bridgehead atoms. The number of amides is 1. The van der Waals surface area contributed by atoms with E-state index in [9.17, 15) is 23.5 Å². The van der Waals surface area contributed by atoms with Crippen LogP contribution in [0, 0.1) is 11.6 Å². The van der Waals surface area contributed by atoms with E-state index in [0.717, 1.165) is 41.3 Å². The number of nitrogens with two attached hydrogens (primary N) is 1. The number of hydrogen-bond donors (Lipinski definition) is 3. The summed E-state index contributed by atoms with van der Waals surface area (Å²) < 4.78 is 28.0. The topological polar surface area (TPSA) is 96.2 Å². The van der Waals surface area contributed by atoms with E-state index in [2.05, 4.69) is 4.98 Å². The van der Waals surface area contributed by atoms with Crippen molar-refractivity contribution in [2.24, 2.45) is 5.73 Å². The summed E-state index contributed by atoms with van der Waals surface area (Å²) in [6.07, 6.45) is 0. The summed E-state index contributed by atoms with van der Waals surface area (Å²) in [5.74, 6) is -2.55. The fourth-order valence-corrected chi connectivity index (χ4v) is 4.66. The summed E-state index contributed by atoms with van der Waals surface area (Å²) in [6.45, 7) is 0. The number of hydrogen-bond acceptors (Lipinski definition) is 5. The smallest absolute Gasteiger partial charge is 0.252 e. The van der Waals surface area contributed by atoms with E-state index in [0.29, 0.717) is 4.21 Å². The van der Waals surface area contributed by atoms with Gasteiger partial charge in [-0.15, -0.1) is 23.1 Å². The number of benzene rings is 1. The van der Waals surface area contributed by atoms with Crippen molar-refractivity contribution < 1.29 is 18.7 Å². The molecule has 124 valence electrons. The van der Waals surface area contributed by atoms with Crippen LogP contribution in [0.25, 0.3) is 10.2 Å². The molecule has 0 aliphatic rings. The molecular formula is C15H10F2N2O3S2. The Morgan fingerprint density at radius 2 is 2.00 bits per heavy atom. The third kappa shape index (κ3) is 2.87. The molecule has 4 N–H and O–H groups in total. The van der Waals surface area contributed by atoms with Gasteiger partial charge in [0.15, 0.2) is 0 Å². The Hall–Kier alpha value is -2.39. The van der Waals surface area contributed by atoms with Crippen LogP contribution in [-0.2, 0) is 5.75 Å². The molecule has 0 unspecified atom stereocenters. The van der Waals surface area contributed by atoms with Crippen LogP contribution in [0.4, 0.5) is 8.78 Å². The van der Waals surface area contributed by atoms with Gasteiger partial charge in [0.2, 0.25) is 0 Å². The van der Waals surface area contributed by atoms with Crippen LogP contribution in [0.2, 0.25) is 0 Å². The van der Waals surface area contributed by atoms with Crippen molar-refractivity contribution in [2.45, 2.75) is 9.96 Å². The van der Waals surface area contributed by atoms with E-state index >= 15 is 0 Å². The van der Waals surface area contributed by atoms with Gasteiger partial charge in [-0.1, -0.05) is 6.07 Å². The molecule has 0 saturated heterocycles. The maximum absolute atomic E-state index is 13.7. The Morgan fingerprint density at radius 3 is 2.62 bits per heavy atom. The quantitative estimate of drug-likeness (QED) is 0.617. The number of H-pyrrole nitrogens is 1. The largest absolute Gasteiger partial charge is 0.506 e. The molecule has 1 amide bonds. The number of fused-ring (bicyclic) bond motifs is 1. The molecule has 0 atom stereocenters. The number of aromatic nitrogens is 1. The molecule has 2 heterocycles. The Kier molecular flexibility index (Phi) is 4.29. The van der Waals surface area contributed by atoms with Crippen molar-refractivity contribution in [3.8, 4) is 5.75 Å². The highest BCUT2D eigenvalue weighted by atomic mass is 32.2. The maximum atomic E-state index is 13.7. The first kappa shape index (κ1) is 16.5. The first-order chi connectivity index (χ1) is 11.4. The van der Waals surface area contributed by atoms with Crippen molar-refractivity contribution in [3.05, 3.63) is 57.4 Å². The van der Waals surface area contributed by atoms with Crippen molar-refractivity contribution >= 4 is 39.2 Å². The number of pyridine rings is 1. The molecule has 0 radical (unpaired) electrons. The Morgan fingerprint density at radius 1 is 1.33 bits per heavy atom. The summed E-state index contributed by atoms with van der Waals surface area (Å²) >= 11 is 2.02. The van der Waals surface area contributed by atoms with Crippen LogP contribution < -0.4 is 11.3 Å². The molecule has 2 aromatic heterocycles. The van der Waals surface area contributed by atoms with Crippen molar-refractivity contribution in [2.75, 3.05) is 0 Å². The number of carbonyl (C=O) groups excluding carboxylic acids is 1. The van der Waals surface area contributed by atoms with Crippen LogP contribution in [-0.4, -0.2) is 16.0 Å². The zero-order valence-corrected chi connectivity index (χ0v) is 13.6. The summed E-state index contributed by atoms with van der Waals surface area (Å²) in [4.78, 5) is 25.7. The molecule has 0 aliphatic carbocycles. The SMILES string of the molecule is NC(=O)c1c(SCc2c(F)cccc2F)sc2c(O)cc(=O)[nH]c12. The Balaban J connectivity index is 2.06. The van der Waals surface area contributed by atoms with E-state index in [1.807, 2.05) is 0 Å². The molecule has 3 aromatic rings. The van der Waals surface area contributed by atoms with Gasteiger partial charge < -0.3 is 15.8 Å². The number of aromatic amines is 1. The van der Waals surface area contributed by atoms with Crippen LogP contribution in [0.1, 0.15) is 15.9 Å². The summed E-state index contributed by atoms with van der Waals surface area (Å²) in [5.41, 5.74) is 4.78. The number of rotatable bonds is 4. The average Bonchev–Trinajstić information content (AvgIpc) is 2.85. The first-order valence-corrected chi connectivity index (χ1v) is 8.43. The lowest BCUT2D eigenvalue weighted by atomic mass is 10.2. The number of primary amides is 1. The monoisotopic (exact) mass is 368 g/mol. The van der Waals surface area contributed by atoms with Gasteiger partial charge in [0.05, 0.1) is 20.0 Å². The van der Waals surface area contributed by atoms with Gasteiger partial charge in [0.1, 0.15) is 17.4 Å². The first-order valence-electron chi connectivity index (χ1n) is 6.62. The molecule has 0 spiro atoms. The fourth-order valence-electron chi connectivity index (χ4n) is 2.19. The van der Waals surface area contributed by atoms with Gasteiger partial charge in [-0.05, 0) is 12.1 Å². The lowest BCUT2D eigenvalue weighted by Crippen LogP contribution is -2.13. The zero-order valence-electron chi connectivity index (χ0n) is 11.9. The lowest BCUT2D eigenvalue weighted by Gasteiger charge is -2.04. The van der Waals surface area contributed by atoms with Gasteiger partial charge in [-0.3, -0.25) is 9.59 Å². The van der Waals surface area contributed by atoms with Gasteiger partial charge >= 0.3 is 0 Å². The number of thiophene rings is 1. The number of nitrogens with one attached hydrogen (secondary N) is 1. The maximum Gasteiger partial charge on any atom is 0.252 e. The zero-order chi connectivity index (χ0) is 17.4. The molecule has 1 aromatic carbocycles. The third-order valence-corrected chi connectivity index (χ3v) is 5.79. The highest BCUT2D eigenvalue weighted by Gasteiger charge is 2.21. The second kappa shape index (κ2) is 6.25. The molecule has 9 heteroatoms. The highest BCUT2D eigenvalue weighted by Crippen LogP contribution is 2.41. The standard InChI is InChI=1S/C15H10F2N2O3S2/c16-7-2-1-3-8(17)6(7)5-23-15-11(14(18)22)12-13(24-15)9(20)4-10(21)19-12/h1-4H,5H2,(H2,18,22)(H2,19,20,21). The Bertz CT molecular complexity index is 994. The molecule has 0 aliphatic heterocycles. The molecular weight excluding hydrogens is 358 g/mol. The highest BCUT2D eigenvalue weighted by molar-refractivity contribution is 8.00. The molecule has 0 saturated carbocycles. The second-order valence-electron chi connectivity index (χ2n) is 4.84. The van der Waals surface area contributed by atoms with Gasteiger partial charge in [0.25, 0.3) is 11.5 Å². The molecule has 0 fully saturated rings. The minimum Gasteiger partial charge on any atom is -0.506 e. The second-order valence-corrected chi connectivity index (χ2v) is 7.11. The minimum absolute atomic E-state index is 0.0183. The molecule has 5 nitrogen and oxygen atoms in total. The number of thioether (sulfide) groups is 1. The van der Waals surface area contributed by atoms with E-state index in [4.69, 9.17) is 5.73 Å².